The Morgan fingerprint density at radius 3 is 2.24 bits per heavy atom. The molecule has 16 heteroatoms. The number of benzene rings is 2. The molecule has 0 unspecified atom stereocenters. The van der Waals surface area contributed by atoms with Crippen LogP contribution in [-0.4, -0.2) is 25.3 Å². The molecule has 0 saturated carbocycles. The van der Waals surface area contributed by atoms with E-state index in [-0.39, 0.29) is 22.6 Å². The average molecular weight is 549 g/mol. The van der Waals surface area contributed by atoms with Crippen LogP contribution in [-0.2, 0) is 6.18 Å². The van der Waals surface area contributed by atoms with Crippen LogP contribution in [0.2, 0.25) is 0 Å². The molecule has 0 atom stereocenters. The Balaban J connectivity index is 2.06. The molecular formula is C22H14F7N3O6. The molecule has 3 aromatic rings. The smallest absolute Gasteiger partial charge is 0.573 e. The zero-order valence-electron chi connectivity index (χ0n) is 18.7. The molecule has 3 rings (SSSR count). The van der Waals surface area contributed by atoms with Gasteiger partial charge in [-0.2, -0.15) is 17.9 Å². The molecule has 38 heavy (non-hydrogen) atoms. The van der Waals surface area contributed by atoms with Crippen molar-refractivity contribution >= 4 is 17.5 Å². The van der Waals surface area contributed by atoms with Crippen molar-refractivity contribution in [2.45, 2.75) is 12.5 Å². The van der Waals surface area contributed by atoms with Crippen LogP contribution in [0, 0.1) is 11.0 Å². The third-order valence-electron chi connectivity index (χ3n) is 4.64. The predicted molar refractivity (Wildman–Crippen MR) is 113 cm³/mol. The highest BCUT2D eigenvalue weighted by Crippen LogP contribution is 2.40. The van der Waals surface area contributed by atoms with Crippen LogP contribution in [0.25, 0.3) is 0 Å². The summed E-state index contributed by atoms with van der Waals surface area (Å²) in [5, 5.41) is 13.8. The highest BCUT2D eigenvalue weighted by atomic mass is 19.4. The number of carbonyl (C=O) groups excluding carboxylic acids is 2. The summed E-state index contributed by atoms with van der Waals surface area (Å²) >= 11 is 0. The Hall–Kier alpha value is -4.76. The number of aromatic nitrogens is 1. The van der Waals surface area contributed by atoms with Crippen LogP contribution in [0.3, 0.4) is 0 Å². The van der Waals surface area contributed by atoms with Gasteiger partial charge in [-0.15, -0.1) is 13.2 Å². The summed E-state index contributed by atoms with van der Waals surface area (Å²) < 4.78 is 106. The zero-order chi connectivity index (χ0) is 28.4. The topological polar surface area (TPSA) is 127 Å². The zero-order valence-corrected chi connectivity index (χ0v) is 18.7. The van der Waals surface area contributed by atoms with Crippen molar-refractivity contribution in [1.82, 2.24) is 0 Å². The third kappa shape index (κ3) is 6.51. The number of rotatable bonds is 7. The molecule has 0 saturated heterocycles. The molecule has 0 aliphatic rings. The molecule has 0 spiro atoms. The van der Waals surface area contributed by atoms with Crippen molar-refractivity contribution < 1.29 is 59.3 Å². The van der Waals surface area contributed by atoms with E-state index >= 15 is 0 Å². The first-order valence-electron chi connectivity index (χ1n) is 9.96. The predicted octanol–water partition coefficient (Wildman–Crippen LogP) is 4.53. The van der Waals surface area contributed by atoms with Gasteiger partial charge in [0.2, 0.25) is 0 Å². The summed E-state index contributed by atoms with van der Waals surface area (Å²) in [4.78, 5) is 24.2. The number of nitrogens with one attached hydrogen (secondary N) is 1. The lowest BCUT2D eigenvalue weighted by Gasteiger charge is -2.17. The maximum Gasteiger partial charge on any atom is 0.573 e. The number of hydrogen-bond donors (Lipinski definition) is 2. The number of nitrogens with two attached hydrogens (primary N) is 1. The minimum Gasteiger partial charge on any atom is -0.618 e. The van der Waals surface area contributed by atoms with Crippen LogP contribution in [0.5, 0.6) is 23.0 Å². The van der Waals surface area contributed by atoms with Crippen molar-refractivity contribution in [2.75, 3.05) is 12.4 Å². The molecular weight excluding hydrogens is 535 g/mol. The van der Waals surface area contributed by atoms with Crippen LogP contribution in [0.4, 0.5) is 36.4 Å². The maximum absolute atomic E-state index is 14.3. The molecule has 1 aromatic heterocycles. The maximum atomic E-state index is 14.3. The van der Waals surface area contributed by atoms with Gasteiger partial charge < -0.3 is 30.5 Å². The first kappa shape index (κ1) is 27.8. The van der Waals surface area contributed by atoms with E-state index in [0.29, 0.717) is 6.07 Å². The van der Waals surface area contributed by atoms with Gasteiger partial charge in [0.1, 0.15) is 17.3 Å². The largest absolute Gasteiger partial charge is 0.618 e. The number of methoxy groups -OCH3 is 1. The average Bonchev–Trinajstić information content (AvgIpc) is 2.80. The molecule has 1 heterocycles. The molecule has 3 N–H and O–H groups in total. The van der Waals surface area contributed by atoms with E-state index in [0.717, 1.165) is 37.6 Å². The SMILES string of the molecule is COc1cc(OC(F)(F)F)ccc1Oc1cc(C(F)(F)F)c(F)cc1C(=O)Nc1cc[n+]([O-])c(C(N)=O)c1. The number of amides is 2. The van der Waals surface area contributed by atoms with Gasteiger partial charge in [0.25, 0.3) is 11.6 Å². The Bertz CT molecular complexity index is 1390. The Kier molecular flexibility index (Phi) is 7.55. The van der Waals surface area contributed by atoms with Gasteiger partial charge in [0.15, 0.2) is 17.7 Å². The number of alkyl halides is 6. The lowest BCUT2D eigenvalue weighted by molar-refractivity contribution is -0.607. The molecule has 0 aliphatic carbocycles. The highest BCUT2D eigenvalue weighted by Gasteiger charge is 2.36. The van der Waals surface area contributed by atoms with E-state index in [2.05, 4.69) is 10.1 Å². The number of halogens is 7. The van der Waals surface area contributed by atoms with Gasteiger partial charge in [0, 0.05) is 18.2 Å². The summed E-state index contributed by atoms with van der Waals surface area (Å²) in [6, 6.07) is 4.57. The molecule has 0 aliphatic heterocycles. The van der Waals surface area contributed by atoms with Gasteiger partial charge in [-0.25, -0.2) is 4.39 Å². The van der Waals surface area contributed by atoms with Gasteiger partial charge in [-0.05, 0) is 24.3 Å². The minimum absolute atomic E-state index is 0.0861. The van der Waals surface area contributed by atoms with Gasteiger partial charge in [0.05, 0.1) is 23.9 Å². The monoisotopic (exact) mass is 549 g/mol. The number of nitrogens with zero attached hydrogens (tertiary/aromatic N) is 1. The van der Waals surface area contributed by atoms with Crippen LogP contribution >= 0.6 is 0 Å². The molecule has 9 nitrogen and oxygen atoms in total. The van der Waals surface area contributed by atoms with Crippen LogP contribution in [0.15, 0.2) is 48.7 Å². The lowest BCUT2D eigenvalue weighted by atomic mass is 10.1. The normalized spacial score (nSPS) is 11.6. The summed E-state index contributed by atoms with van der Waals surface area (Å²) in [7, 11) is 1.01. The number of primary amides is 1. The fourth-order valence-corrected chi connectivity index (χ4v) is 3.02. The van der Waals surface area contributed by atoms with Gasteiger partial charge in [-0.1, -0.05) is 0 Å². The molecule has 0 fully saturated rings. The van der Waals surface area contributed by atoms with E-state index in [4.69, 9.17) is 15.2 Å². The van der Waals surface area contributed by atoms with E-state index in [9.17, 15) is 45.5 Å². The third-order valence-corrected chi connectivity index (χ3v) is 4.64. The van der Waals surface area contributed by atoms with Crippen molar-refractivity contribution in [1.29, 1.82) is 0 Å². The van der Waals surface area contributed by atoms with Crippen LogP contribution < -0.4 is 30.0 Å². The first-order chi connectivity index (χ1) is 17.6. The van der Waals surface area contributed by atoms with Gasteiger partial charge >= 0.3 is 18.4 Å². The van der Waals surface area contributed by atoms with E-state index in [1.165, 1.54) is 0 Å². The Morgan fingerprint density at radius 2 is 1.66 bits per heavy atom. The number of ether oxygens (including phenoxy) is 3. The van der Waals surface area contributed by atoms with Crippen LogP contribution in [0.1, 0.15) is 26.4 Å². The first-order valence-corrected chi connectivity index (χ1v) is 9.96. The second-order valence-corrected chi connectivity index (χ2v) is 7.23. The fraction of sp³-hybridized carbons (Fsp3) is 0.136. The Morgan fingerprint density at radius 1 is 0.974 bits per heavy atom. The molecule has 2 amide bonds. The standard InChI is InChI=1S/C22H14F7N3O6/c1-36-18-7-11(38-22(27,28)29)2-3-16(18)37-17-9-13(21(24,25)26)14(23)8-12(17)20(34)31-10-4-5-32(35)15(6-10)19(30)33/h2-9H,1H3,(H2,30,33)(H,31,34). The van der Waals surface area contributed by atoms with Crippen molar-refractivity contribution in [2.24, 2.45) is 5.73 Å². The fourth-order valence-electron chi connectivity index (χ4n) is 3.02. The quantitative estimate of drug-likeness (QED) is 0.253. The minimum atomic E-state index is -5.22. The summed E-state index contributed by atoms with van der Waals surface area (Å²) in [6.07, 6.45) is -9.48. The van der Waals surface area contributed by atoms with E-state index in [1.54, 1.807) is 0 Å². The van der Waals surface area contributed by atoms with E-state index in [1.807, 2.05) is 0 Å². The highest BCUT2D eigenvalue weighted by molar-refractivity contribution is 6.06. The molecule has 2 aromatic carbocycles. The second-order valence-electron chi connectivity index (χ2n) is 7.23. The van der Waals surface area contributed by atoms with Gasteiger partial charge in [-0.3, -0.25) is 9.59 Å². The van der Waals surface area contributed by atoms with Crippen molar-refractivity contribution in [3.05, 3.63) is 76.5 Å². The summed E-state index contributed by atoms with van der Waals surface area (Å²) in [5.41, 5.74) is 1.63. The van der Waals surface area contributed by atoms with Crippen molar-refractivity contribution in [3.8, 4) is 23.0 Å². The Labute approximate surface area is 207 Å². The summed E-state index contributed by atoms with van der Waals surface area (Å²) in [6.45, 7) is 0. The number of anilines is 1. The molecule has 0 radical (unpaired) electrons. The number of carbonyl (C=O) groups is 2. The summed E-state index contributed by atoms with van der Waals surface area (Å²) in [5.74, 6) is -6.78. The number of hydrogen-bond acceptors (Lipinski definition) is 6. The van der Waals surface area contributed by atoms with E-state index < -0.39 is 70.0 Å². The lowest BCUT2D eigenvalue weighted by Crippen LogP contribution is -2.37. The molecule has 0 bridgehead atoms. The molecule has 202 valence electrons. The number of pyridine rings is 1. The second kappa shape index (κ2) is 10.3. The van der Waals surface area contributed by atoms with Crippen molar-refractivity contribution in [3.63, 3.8) is 0 Å².